The van der Waals surface area contributed by atoms with Crippen LogP contribution in [0.1, 0.15) is 21.5 Å². The molecule has 0 radical (unpaired) electrons. The maximum absolute atomic E-state index is 12.4. The van der Waals surface area contributed by atoms with Crippen LogP contribution in [0.2, 0.25) is 0 Å². The lowest BCUT2D eigenvalue weighted by atomic mass is 10.1. The average molecular weight is 305 g/mol. The number of nitriles is 1. The smallest absolute Gasteiger partial charge is 0.253 e. The number of hydrogen-bond acceptors (Lipinski definition) is 3. The molecule has 2 aromatic carbocycles. The summed E-state index contributed by atoms with van der Waals surface area (Å²) in [5.41, 5.74) is 2.53. The summed E-state index contributed by atoms with van der Waals surface area (Å²) in [6, 6.07) is 19.4. The zero-order valence-electron chi connectivity index (χ0n) is 13.0. The van der Waals surface area contributed by atoms with E-state index in [0.717, 1.165) is 49.4 Å². The van der Waals surface area contributed by atoms with Gasteiger partial charge in [-0.1, -0.05) is 36.4 Å². The molecule has 2 aromatic rings. The third-order valence-electron chi connectivity index (χ3n) is 4.21. The van der Waals surface area contributed by atoms with E-state index in [1.54, 1.807) is 0 Å². The molecule has 0 aliphatic carbocycles. The van der Waals surface area contributed by atoms with Crippen LogP contribution in [0.15, 0.2) is 54.6 Å². The fourth-order valence-corrected chi connectivity index (χ4v) is 2.88. The summed E-state index contributed by atoms with van der Waals surface area (Å²) in [5, 5.41) is 9.17. The second kappa shape index (κ2) is 7.08. The first-order chi connectivity index (χ1) is 11.3. The standard InChI is InChI=1S/C19H19N3O/c20-14-17-8-4-5-9-18(17)15-21-10-12-22(13-11-21)19(23)16-6-2-1-3-7-16/h1-9H,10-13,15H2. The van der Waals surface area contributed by atoms with Crippen LogP contribution in [0.3, 0.4) is 0 Å². The van der Waals surface area contributed by atoms with E-state index >= 15 is 0 Å². The molecule has 0 saturated carbocycles. The molecule has 1 aliphatic rings. The lowest BCUT2D eigenvalue weighted by molar-refractivity contribution is 0.0628. The molecule has 4 nitrogen and oxygen atoms in total. The molecule has 0 spiro atoms. The fraction of sp³-hybridized carbons (Fsp3) is 0.263. The Morgan fingerprint density at radius 2 is 1.61 bits per heavy atom. The molecular formula is C19H19N3O. The van der Waals surface area contributed by atoms with Gasteiger partial charge >= 0.3 is 0 Å². The summed E-state index contributed by atoms with van der Waals surface area (Å²) in [4.78, 5) is 16.6. The molecule has 1 heterocycles. The van der Waals surface area contributed by atoms with E-state index in [2.05, 4.69) is 11.0 Å². The zero-order valence-corrected chi connectivity index (χ0v) is 13.0. The fourth-order valence-electron chi connectivity index (χ4n) is 2.88. The van der Waals surface area contributed by atoms with Gasteiger partial charge < -0.3 is 4.90 Å². The highest BCUT2D eigenvalue weighted by Crippen LogP contribution is 2.14. The van der Waals surface area contributed by atoms with Crippen LogP contribution < -0.4 is 0 Å². The molecule has 0 bridgehead atoms. The van der Waals surface area contributed by atoms with Crippen molar-refractivity contribution < 1.29 is 4.79 Å². The maximum atomic E-state index is 12.4. The van der Waals surface area contributed by atoms with Gasteiger partial charge in [0.25, 0.3) is 5.91 Å². The van der Waals surface area contributed by atoms with Crippen molar-refractivity contribution >= 4 is 5.91 Å². The predicted molar refractivity (Wildman–Crippen MR) is 88.8 cm³/mol. The lowest BCUT2D eigenvalue weighted by Gasteiger charge is -2.35. The van der Waals surface area contributed by atoms with Crippen LogP contribution in [0.25, 0.3) is 0 Å². The molecular weight excluding hydrogens is 286 g/mol. The van der Waals surface area contributed by atoms with Gasteiger partial charge in [0.05, 0.1) is 11.6 Å². The Balaban J connectivity index is 1.59. The van der Waals surface area contributed by atoms with E-state index in [1.807, 2.05) is 59.5 Å². The van der Waals surface area contributed by atoms with Gasteiger partial charge in [-0.25, -0.2) is 0 Å². The van der Waals surface area contributed by atoms with Crippen molar-refractivity contribution in [3.63, 3.8) is 0 Å². The molecule has 0 N–H and O–H groups in total. The molecule has 0 unspecified atom stereocenters. The van der Waals surface area contributed by atoms with Gasteiger partial charge in [0, 0.05) is 38.3 Å². The van der Waals surface area contributed by atoms with Crippen molar-refractivity contribution in [2.75, 3.05) is 26.2 Å². The third-order valence-corrected chi connectivity index (χ3v) is 4.21. The summed E-state index contributed by atoms with van der Waals surface area (Å²) >= 11 is 0. The lowest BCUT2D eigenvalue weighted by Crippen LogP contribution is -2.48. The highest BCUT2D eigenvalue weighted by molar-refractivity contribution is 5.94. The molecule has 0 atom stereocenters. The summed E-state index contributed by atoms with van der Waals surface area (Å²) in [6.45, 7) is 3.87. The maximum Gasteiger partial charge on any atom is 0.253 e. The highest BCUT2D eigenvalue weighted by atomic mass is 16.2. The molecule has 1 aliphatic heterocycles. The Bertz CT molecular complexity index is 713. The first-order valence-electron chi connectivity index (χ1n) is 7.82. The van der Waals surface area contributed by atoms with E-state index in [0.29, 0.717) is 0 Å². The van der Waals surface area contributed by atoms with E-state index in [1.165, 1.54) is 0 Å². The average Bonchev–Trinajstić information content (AvgIpc) is 2.63. The Labute approximate surface area is 136 Å². The van der Waals surface area contributed by atoms with Crippen LogP contribution in [-0.2, 0) is 6.54 Å². The van der Waals surface area contributed by atoms with Crippen LogP contribution >= 0.6 is 0 Å². The zero-order chi connectivity index (χ0) is 16.1. The summed E-state index contributed by atoms with van der Waals surface area (Å²) < 4.78 is 0. The third kappa shape index (κ3) is 3.58. The Kier molecular flexibility index (Phi) is 4.70. The number of rotatable bonds is 3. The van der Waals surface area contributed by atoms with Gasteiger partial charge in [0.2, 0.25) is 0 Å². The van der Waals surface area contributed by atoms with Gasteiger partial charge in [-0.3, -0.25) is 9.69 Å². The molecule has 4 heteroatoms. The summed E-state index contributed by atoms with van der Waals surface area (Å²) in [7, 11) is 0. The second-order valence-corrected chi connectivity index (χ2v) is 5.70. The van der Waals surface area contributed by atoms with E-state index in [4.69, 9.17) is 5.26 Å². The molecule has 3 rings (SSSR count). The monoisotopic (exact) mass is 305 g/mol. The largest absolute Gasteiger partial charge is 0.336 e. The molecule has 1 amide bonds. The van der Waals surface area contributed by atoms with Crippen LogP contribution in [-0.4, -0.2) is 41.9 Å². The molecule has 116 valence electrons. The molecule has 0 aromatic heterocycles. The van der Waals surface area contributed by atoms with Crippen molar-refractivity contribution in [2.45, 2.75) is 6.54 Å². The highest BCUT2D eigenvalue weighted by Gasteiger charge is 2.22. The Hall–Kier alpha value is -2.64. The van der Waals surface area contributed by atoms with Gasteiger partial charge in [-0.15, -0.1) is 0 Å². The number of nitrogens with zero attached hydrogens (tertiary/aromatic N) is 3. The minimum absolute atomic E-state index is 0.0997. The SMILES string of the molecule is N#Cc1ccccc1CN1CCN(C(=O)c2ccccc2)CC1. The first kappa shape index (κ1) is 15.3. The van der Waals surface area contributed by atoms with Crippen molar-refractivity contribution in [1.29, 1.82) is 5.26 Å². The Morgan fingerprint density at radius 3 is 2.30 bits per heavy atom. The minimum atomic E-state index is 0.0997. The van der Waals surface area contributed by atoms with E-state index in [-0.39, 0.29) is 5.91 Å². The normalized spacial score (nSPS) is 15.2. The summed E-state index contributed by atoms with van der Waals surface area (Å²) in [6.07, 6.45) is 0. The van der Waals surface area contributed by atoms with Gasteiger partial charge in [-0.05, 0) is 23.8 Å². The molecule has 1 saturated heterocycles. The van der Waals surface area contributed by atoms with Crippen LogP contribution in [0, 0.1) is 11.3 Å². The number of carbonyl (C=O) groups is 1. The quantitative estimate of drug-likeness (QED) is 0.875. The second-order valence-electron chi connectivity index (χ2n) is 5.70. The van der Waals surface area contributed by atoms with Crippen molar-refractivity contribution in [2.24, 2.45) is 0 Å². The first-order valence-corrected chi connectivity index (χ1v) is 7.82. The number of benzene rings is 2. The number of hydrogen-bond donors (Lipinski definition) is 0. The Morgan fingerprint density at radius 1 is 0.957 bits per heavy atom. The van der Waals surface area contributed by atoms with Crippen LogP contribution in [0.5, 0.6) is 0 Å². The molecule has 23 heavy (non-hydrogen) atoms. The predicted octanol–water partition coefficient (Wildman–Crippen LogP) is 2.52. The van der Waals surface area contributed by atoms with Crippen molar-refractivity contribution in [1.82, 2.24) is 9.80 Å². The van der Waals surface area contributed by atoms with Crippen molar-refractivity contribution in [3.05, 3.63) is 71.3 Å². The number of piperazine rings is 1. The number of amides is 1. The van der Waals surface area contributed by atoms with Crippen molar-refractivity contribution in [3.8, 4) is 6.07 Å². The summed E-state index contributed by atoms with van der Waals surface area (Å²) in [5.74, 6) is 0.0997. The minimum Gasteiger partial charge on any atom is -0.336 e. The molecule has 1 fully saturated rings. The topological polar surface area (TPSA) is 47.3 Å². The van der Waals surface area contributed by atoms with Gasteiger partial charge in [-0.2, -0.15) is 5.26 Å². The van der Waals surface area contributed by atoms with Crippen LogP contribution in [0.4, 0.5) is 0 Å². The van der Waals surface area contributed by atoms with E-state index < -0.39 is 0 Å². The van der Waals surface area contributed by atoms with Gasteiger partial charge in [0.15, 0.2) is 0 Å². The van der Waals surface area contributed by atoms with Gasteiger partial charge in [0.1, 0.15) is 0 Å². The number of carbonyl (C=O) groups excluding carboxylic acids is 1. The van der Waals surface area contributed by atoms with E-state index in [9.17, 15) is 4.79 Å².